The van der Waals surface area contributed by atoms with Crippen molar-refractivity contribution in [3.8, 4) is 0 Å². The smallest absolute Gasteiger partial charge is 0.249 e. The summed E-state index contributed by atoms with van der Waals surface area (Å²) in [6.07, 6.45) is 7.79. The average molecular weight is 240 g/mol. The molecule has 0 bridgehead atoms. The minimum absolute atomic E-state index is 0.0838. The molecule has 2 rings (SSSR count). The summed E-state index contributed by atoms with van der Waals surface area (Å²) < 4.78 is 5.45. The molecule has 98 valence electrons. The second kappa shape index (κ2) is 6.97. The van der Waals surface area contributed by atoms with E-state index in [0.29, 0.717) is 6.04 Å². The quantitative estimate of drug-likeness (QED) is 0.776. The molecule has 0 aromatic rings. The number of carbonyl (C=O) groups excluding carboxylic acids is 1. The predicted molar refractivity (Wildman–Crippen MR) is 66.9 cm³/mol. The minimum Gasteiger partial charge on any atom is -0.368 e. The Kier molecular flexibility index (Phi) is 5.26. The van der Waals surface area contributed by atoms with Crippen LogP contribution < -0.4 is 10.6 Å². The van der Waals surface area contributed by atoms with E-state index in [-0.39, 0.29) is 12.0 Å². The maximum atomic E-state index is 11.8. The summed E-state index contributed by atoms with van der Waals surface area (Å²) in [7, 11) is 0. The number of piperidine rings is 1. The van der Waals surface area contributed by atoms with Gasteiger partial charge in [0, 0.05) is 19.2 Å². The third-order valence-electron chi connectivity index (χ3n) is 3.68. The molecule has 2 heterocycles. The minimum atomic E-state index is -0.192. The van der Waals surface area contributed by atoms with Crippen molar-refractivity contribution in [2.45, 2.75) is 57.1 Å². The summed E-state index contributed by atoms with van der Waals surface area (Å²) in [6, 6.07) is 0.594. The highest BCUT2D eigenvalue weighted by atomic mass is 16.5. The fraction of sp³-hybridized carbons (Fsp3) is 0.923. The Balaban J connectivity index is 1.58. The molecule has 4 nitrogen and oxygen atoms in total. The number of hydrogen-bond acceptors (Lipinski definition) is 3. The van der Waals surface area contributed by atoms with Crippen LogP contribution in [0.15, 0.2) is 0 Å². The fourth-order valence-electron chi connectivity index (χ4n) is 2.60. The van der Waals surface area contributed by atoms with E-state index in [1.54, 1.807) is 0 Å². The highest BCUT2D eigenvalue weighted by molar-refractivity contribution is 5.80. The average Bonchev–Trinajstić information content (AvgIpc) is 2.41. The van der Waals surface area contributed by atoms with E-state index in [0.717, 1.165) is 45.4 Å². The van der Waals surface area contributed by atoms with Gasteiger partial charge in [0.1, 0.15) is 6.10 Å². The number of rotatable bonds is 4. The summed E-state index contributed by atoms with van der Waals surface area (Å²) >= 11 is 0. The molecule has 17 heavy (non-hydrogen) atoms. The van der Waals surface area contributed by atoms with Gasteiger partial charge < -0.3 is 15.4 Å². The van der Waals surface area contributed by atoms with E-state index in [9.17, 15) is 4.79 Å². The molecule has 2 unspecified atom stereocenters. The van der Waals surface area contributed by atoms with E-state index >= 15 is 0 Å². The van der Waals surface area contributed by atoms with Gasteiger partial charge >= 0.3 is 0 Å². The Hall–Kier alpha value is -0.610. The maximum Gasteiger partial charge on any atom is 0.249 e. The van der Waals surface area contributed by atoms with Crippen LogP contribution in [0.2, 0.25) is 0 Å². The molecular weight excluding hydrogens is 216 g/mol. The third kappa shape index (κ3) is 4.28. The first-order valence-electron chi connectivity index (χ1n) is 6.99. The zero-order valence-electron chi connectivity index (χ0n) is 10.5. The molecule has 0 radical (unpaired) electrons. The molecule has 2 atom stereocenters. The standard InChI is InChI=1S/C13H24N2O2/c16-13(12-6-2-4-10-17-12)15-9-7-11-5-1-3-8-14-11/h11-12,14H,1-10H2,(H,15,16). The van der Waals surface area contributed by atoms with Gasteiger partial charge in [0.15, 0.2) is 0 Å². The van der Waals surface area contributed by atoms with Crippen LogP contribution in [-0.2, 0) is 9.53 Å². The van der Waals surface area contributed by atoms with Crippen LogP contribution in [0.4, 0.5) is 0 Å². The molecule has 2 N–H and O–H groups in total. The first-order chi connectivity index (χ1) is 8.36. The van der Waals surface area contributed by atoms with E-state index in [1.165, 1.54) is 19.3 Å². The van der Waals surface area contributed by atoms with E-state index in [4.69, 9.17) is 4.74 Å². The normalized spacial score (nSPS) is 29.9. The number of hydrogen-bond donors (Lipinski definition) is 2. The van der Waals surface area contributed by atoms with Crippen molar-refractivity contribution in [3.05, 3.63) is 0 Å². The van der Waals surface area contributed by atoms with Gasteiger partial charge in [-0.2, -0.15) is 0 Å². The van der Waals surface area contributed by atoms with Crippen molar-refractivity contribution in [2.24, 2.45) is 0 Å². The van der Waals surface area contributed by atoms with E-state index in [2.05, 4.69) is 10.6 Å². The number of nitrogens with one attached hydrogen (secondary N) is 2. The number of ether oxygens (including phenoxy) is 1. The van der Waals surface area contributed by atoms with Crippen LogP contribution in [0, 0.1) is 0 Å². The molecule has 0 aliphatic carbocycles. The van der Waals surface area contributed by atoms with Gasteiger partial charge in [-0.05, 0) is 45.1 Å². The summed E-state index contributed by atoms with van der Waals surface area (Å²) in [5, 5.41) is 6.49. The van der Waals surface area contributed by atoms with Crippen LogP contribution in [0.3, 0.4) is 0 Å². The summed E-state index contributed by atoms with van der Waals surface area (Å²) in [5.74, 6) is 0.0838. The van der Waals surface area contributed by atoms with Gasteiger partial charge in [-0.25, -0.2) is 0 Å². The van der Waals surface area contributed by atoms with Crippen molar-refractivity contribution in [1.29, 1.82) is 0 Å². The first kappa shape index (κ1) is 12.8. The molecule has 0 saturated carbocycles. The lowest BCUT2D eigenvalue weighted by molar-refractivity contribution is -0.135. The number of amides is 1. The Morgan fingerprint density at radius 3 is 2.82 bits per heavy atom. The summed E-state index contributed by atoms with van der Waals surface area (Å²) in [4.78, 5) is 11.8. The van der Waals surface area contributed by atoms with Crippen LogP contribution in [0.1, 0.15) is 44.9 Å². The summed E-state index contributed by atoms with van der Waals surface area (Å²) in [5.41, 5.74) is 0. The van der Waals surface area contributed by atoms with Crippen LogP contribution in [-0.4, -0.2) is 37.7 Å². The van der Waals surface area contributed by atoms with Crippen molar-refractivity contribution in [2.75, 3.05) is 19.7 Å². The van der Waals surface area contributed by atoms with Crippen molar-refractivity contribution >= 4 is 5.91 Å². The molecule has 1 amide bonds. The second-order valence-electron chi connectivity index (χ2n) is 5.08. The highest BCUT2D eigenvalue weighted by Crippen LogP contribution is 2.13. The lowest BCUT2D eigenvalue weighted by atomic mass is 10.0. The van der Waals surface area contributed by atoms with Gasteiger partial charge in [0.05, 0.1) is 0 Å². The highest BCUT2D eigenvalue weighted by Gasteiger charge is 2.21. The van der Waals surface area contributed by atoms with Gasteiger partial charge in [-0.3, -0.25) is 4.79 Å². The van der Waals surface area contributed by atoms with Gasteiger partial charge in [0.25, 0.3) is 0 Å². The van der Waals surface area contributed by atoms with Crippen LogP contribution >= 0.6 is 0 Å². The number of carbonyl (C=O) groups is 1. The second-order valence-corrected chi connectivity index (χ2v) is 5.08. The molecule has 2 aliphatic rings. The third-order valence-corrected chi connectivity index (χ3v) is 3.68. The Bertz CT molecular complexity index is 234. The van der Waals surface area contributed by atoms with Crippen LogP contribution in [0.5, 0.6) is 0 Å². The van der Waals surface area contributed by atoms with E-state index < -0.39 is 0 Å². The Labute approximate surface area is 103 Å². The van der Waals surface area contributed by atoms with Crippen LogP contribution in [0.25, 0.3) is 0 Å². The monoisotopic (exact) mass is 240 g/mol. The van der Waals surface area contributed by atoms with Gasteiger partial charge in [-0.15, -0.1) is 0 Å². The van der Waals surface area contributed by atoms with Gasteiger partial charge in [0.2, 0.25) is 5.91 Å². The fourth-order valence-corrected chi connectivity index (χ4v) is 2.60. The zero-order valence-corrected chi connectivity index (χ0v) is 10.5. The molecule has 2 fully saturated rings. The first-order valence-corrected chi connectivity index (χ1v) is 6.99. The Morgan fingerprint density at radius 1 is 1.24 bits per heavy atom. The van der Waals surface area contributed by atoms with Gasteiger partial charge in [-0.1, -0.05) is 6.42 Å². The Morgan fingerprint density at radius 2 is 2.12 bits per heavy atom. The summed E-state index contributed by atoms with van der Waals surface area (Å²) in [6.45, 7) is 2.64. The topological polar surface area (TPSA) is 50.4 Å². The lowest BCUT2D eigenvalue weighted by Gasteiger charge is -2.25. The molecule has 0 aromatic heterocycles. The molecule has 4 heteroatoms. The molecule has 0 spiro atoms. The largest absolute Gasteiger partial charge is 0.368 e. The van der Waals surface area contributed by atoms with E-state index in [1.807, 2.05) is 0 Å². The zero-order chi connectivity index (χ0) is 11.9. The van der Waals surface area contributed by atoms with Crippen molar-refractivity contribution < 1.29 is 9.53 Å². The molecule has 2 saturated heterocycles. The maximum absolute atomic E-state index is 11.8. The predicted octanol–water partition coefficient (Wildman–Crippen LogP) is 1.20. The van der Waals surface area contributed by atoms with Crippen molar-refractivity contribution in [1.82, 2.24) is 10.6 Å². The molecule has 2 aliphatic heterocycles. The molecular formula is C13H24N2O2. The SMILES string of the molecule is O=C(NCCC1CCCCN1)C1CCCCO1. The lowest BCUT2D eigenvalue weighted by Crippen LogP contribution is -2.41. The molecule has 0 aromatic carbocycles. The van der Waals surface area contributed by atoms with Crippen molar-refractivity contribution in [3.63, 3.8) is 0 Å².